The second kappa shape index (κ2) is 18.4. The van der Waals surface area contributed by atoms with Crippen LogP contribution in [0.25, 0.3) is 0 Å². The van der Waals surface area contributed by atoms with Crippen molar-refractivity contribution in [2.45, 2.75) is 131 Å². The van der Waals surface area contributed by atoms with Gasteiger partial charge >= 0.3 is 11.9 Å². The highest BCUT2D eigenvalue weighted by Gasteiger charge is 2.41. The molecule has 0 aromatic rings. The first-order chi connectivity index (χ1) is 25.5. The van der Waals surface area contributed by atoms with E-state index in [1.54, 1.807) is 32.6 Å². The average Bonchev–Trinajstić information content (AvgIpc) is 3.72. The molecule has 1 atom stereocenters. The van der Waals surface area contributed by atoms with E-state index in [1.807, 2.05) is 27.7 Å². The van der Waals surface area contributed by atoms with Gasteiger partial charge in [0.25, 0.3) is 35.4 Å². The van der Waals surface area contributed by atoms with E-state index in [-0.39, 0.29) is 83.7 Å². The maximum atomic E-state index is 13.6. The predicted molar refractivity (Wildman–Crippen MR) is 192 cm³/mol. The minimum Gasteiger partial charge on any atom is -0.375 e. The lowest BCUT2D eigenvalue weighted by atomic mass is 9.84. The minimum atomic E-state index is -1.08. The third-order valence-electron chi connectivity index (χ3n) is 10.3. The maximum absolute atomic E-state index is 13.6. The van der Waals surface area contributed by atoms with Crippen LogP contribution in [0.1, 0.15) is 120 Å². The fraction of sp³-hybridized carbons (Fsp3) is 0.711. The van der Waals surface area contributed by atoms with Crippen LogP contribution in [0.5, 0.6) is 0 Å². The summed E-state index contributed by atoms with van der Waals surface area (Å²) in [6.07, 6.45) is 3.77. The molecule has 1 unspecified atom stereocenters. The first kappa shape index (κ1) is 44.9. The fourth-order valence-electron chi connectivity index (χ4n) is 5.71. The summed E-state index contributed by atoms with van der Waals surface area (Å²) in [5, 5.41) is 1.05. The van der Waals surface area contributed by atoms with Gasteiger partial charge in [-0.3, -0.25) is 38.5 Å². The molecule has 3 aliphatic heterocycles. The molecule has 0 bridgehead atoms. The standard InChI is InChI=1S/C38H56N4O13/c1-9-38(8,34(51)55-42-31(48)14-15-32(42)49)20-25-53-37(6,7)18-23-39(26(43)16-21-40-27(44)10-11-28(40)45)22-17-36(4,5)52-24-19-35(2,3)33(50)54-41-29(46)12-13-30(41)47/h10-11H,9,12-25H2,1-8H3. The molecule has 0 saturated carbocycles. The molecule has 0 aliphatic carbocycles. The summed E-state index contributed by atoms with van der Waals surface area (Å²) >= 11 is 0. The summed E-state index contributed by atoms with van der Waals surface area (Å²) in [4.78, 5) is 124. The fourth-order valence-corrected chi connectivity index (χ4v) is 5.71. The number of hydrogen-bond acceptors (Lipinski definition) is 13. The Bertz CT molecular complexity index is 1520. The van der Waals surface area contributed by atoms with E-state index < -0.39 is 69.4 Å². The van der Waals surface area contributed by atoms with Gasteiger partial charge in [0.2, 0.25) is 5.91 Å². The van der Waals surface area contributed by atoms with Gasteiger partial charge in [-0.25, -0.2) is 9.59 Å². The van der Waals surface area contributed by atoms with E-state index in [4.69, 9.17) is 19.1 Å². The van der Waals surface area contributed by atoms with Crippen molar-refractivity contribution in [2.24, 2.45) is 10.8 Å². The molecule has 2 fully saturated rings. The molecule has 0 aromatic heterocycles. The van der Waals surface area contributed by atoms with Gasteiger partial charge in [-0.15, -0.1) is 10.1 Å². The van der Waals surface area contributed by atoms with E-state index in [0.29, 0.717) is 29.4 Å². The van der Waals surface area contributed by atoms with Crippen LogP contribution in [-0.2, 0) is 62.3 Å². The first-order valence-corrected chi connectivity index (χ1v) is 18.8. The van der Waals surface area contributed by atoms with E-state index in [0.717, 1.165) is 17.1 Å². The molecule has 17 heteroatoms. The normalized spacial score (nSPS) is 17.8. The van der Waals surface area contributed by atoms with Gasteiger partial charge in [0.05, 0.1) is 22.0 Å². The Morgan fingerprint density at radius 2 is 1.05 bits per heavy atom. The number of amides is 7. The van der Waals surface area contributed by atoms with Crippen LogP contribution >= 0.6 is 0 Å². The van der Waals surface area contributed by atoms with Crippen molar-refractivity contribution in [3.63, 3.8) is 0 Å². The van der Waals surface area contributed by atoms with Crippen LogP contribution in [0.3, 0.4) is 0 Å². The third-order valence-corrected chi connectivity index (χ3v) is 10.3. The highest BCUT2D eigenvalue weighted by Crippen LogP contribution is 2.31. The van der Waals surface area contributed by atoms with E-state index in [9.17, 15) is 43.2 Å². The van der Waals surface area contributed by atoms with Gasteiger partial charge < -0.3 is 24.0 Å². The number of rotatable bonds is 22. The highest BCUT2D eigenvalue weighted by molar-refractivity contribution is 6.13. The van der Waals surface area contributed by atoms with Gasteiger partial charge in [0, 0.05) is 77.1 Å². The van der Waals surface area contributed by atoms with Gasteiger partial charge in [0.1, 0.15) is 0 Å². The molecular weight excluding hydrogens is 720 g/mol. The molecule has 55 heavy (non-hydrogen) atoms. The Balaban J connectivity index is 1.57. The van der Waals surface area contributed by atoms with Crippen LogP contribution < -0.4 is 0 Å². The molecule has 7 amide bonds. The number of carbonyl (C=O) groups is 9. The number of nitrogens with zero attached hydrogens (tertiary/aromatic N) is 4. The Morgan fingerprint density at radius 3 is 1.49 bits per heavy atom. The van der Waals surface area contributed by atoms with Crippen molar-refractivity contribution < 1.29 is 62.3 Å². The summed E-state index contributed by atoms with van der Waals surface area (Å²) in [5.74, 6) is -4.95. The molecular formula is C38H56N4O13. The molecule has 0 spiro atoms. The monoisotopic (exact) mass is 776 g/mol. The molecule has 0 aromatic carbocycles. The van der Waals surface area contributed by atoms with Gasteiger partial charge in [0.15, 0.2) is 0 Å². The van der Waals surface area contributed by atoms with Crippen LogP contribution in [0, 0.1) is 10.8 Å². The smallest absolute Gasteiger partial charge is 0.339 e. The van der Waals surface area contributed by atoms with Gasteiger partial charge in [-0.1, -0.05) is 6.92 Å². The minimum absolute atomic E-state index is 0.00687. The van der Waals surface area contributed by atoms with Crippen LogP contribution in [0.4, 0.5) is 0 Å². The number of ether oxygens (including phenoxy) is 2. The van der Waals surface area contributed by atoms with E-state index in [2.05, 4.69) is 0 Å². The van der Waals surface area contributed by atoms with Gasteiger partial charge in [-0.05, 0) is 80.6 Å². The average molecular weight is 777 g/mol. The summed E-state index contributed by atoms with van der Waals surface area (Å²) in [6.45, 7) is 14.8. The molecule has 17 nitrogen and oxygen atoms in total. The topological polar surface area (TPSA) is 204 Å². The molecule has 3 aliphatic rings. The second-order valence-electron chi connectivity index (χ2n) is 16.2. The zero-order chi connectivity index (χ0) is 41.4. The van der Waals surface area contributed by atoms with Crippen molar-refractivity contribution >= 4 is 53.3 Å². The predicted octanol–water partition coefficient (Wildman–Crippen LogP) is 2.94. The molecule has 3 heterocycles. The number of carbonyl (C=O) groups excluding carboxylic acids is 9. The third kappa shape index (κ3) is 12.5. The van der Waals surface area contributed by atoms with Crippen LogP contribution in [0.15, 0.2) is 12.2 Å². The van der Waals surface area contributed by atoms with Crippen molar-refractivity contribution in [2.75, 3.05) is 32.8 Å². The molecule has 3 rings (SSSR count). The summed E-state index contributed by atoms with van der Waals surface area (Å²) in [6, 6.07) is 0. The number of hydroxylamine groups is 4. The first-order valence-electron chi connectivity index (χ1n) is 18.8. The van der Waals surface area contributed by atoms with E-state index >= 15 is 0 Å². The van der Waals surface area contributed by atoms with Crippen LogP contribution in [0.2, 0.25) is 0 Å². The van der Waals surface area contributed by atoms with Crippen LogP contribution in [-0.4, -0.2) is 117 Å². The Kier molecular flexibility index (Phi) is 15.0. The molecule has 0 radical (unpaired) electrons. The summed E-state index contributed by atoms with van der Waals surface area (Å²) < 4.78 is 12.3. The zero-order valence-electron chi connectivity index (χ0n) is 33.4. The Hall–Kier alpha value is -4.51. The summed E-state index contributed by atoms with van der Waals surface area (Å²) in [5.41, 5.74) is -3.64. The number of hydrogen-bond donors (Lipinski definition) is 0. The Labute approximate surface area is 321 Å². The molecule has 0 N–H and O–H groups in total. The Morgan fingerprint density at radius 1 is 0.636 bits per heavy atom. The lowest BCUT2D eigenvalue weighted by Crippen LogP contribution is -2.42. The highest BCUT2D eigenvalue weighted by atomic mass is 16.7. The molecule has 2 saturated heterocycles. The van der Waals surface area contributed by atoms with Crippen molar-refractivity contribution in [1.29, 1.82) is 0 Å². The maximum Gasteiger partial charge on any atom is 0.339 e. The second-order valence-corrected chi connectivity index (χ2v) is 16.2. The van der Waals surface area contributed by atoms with Gasteiger partial charge in [-0.2, -0.15) is 0 Å². The van der Waals surface area contributed by atoms with Crippen molar-refractivity contribution in [1.82, 2.24) is 19.9 Å². The van der Waals surface area contributed by atoms with E-state index in [1.165, 1.54) is 0 Å². The SMILES string of the molecule is CCC(C)(CCOC(C)(C)CCN(CCC(C)(C)OCCC(C)(C)C(=O)ON1C(=O)CCC1=O)C(=O)CCN1C(=O)C=CC1=O)C(=O)ON1C(=O)CCC1=O. The molecule has 306 valence electrons. The van der Waals surface area contributed by atoms with Crippen molar-refractivity contribution in [3.8, 4) is 0 Å². The lowest BCUT2D eigenvalue weighted by molar-refractivity contribution is -0.206. The van der Waals surface area contributed by atoms with Crippen molar-refractivity contribution in [3.05, 3.63) is 12.2 Å². The largest absolute Gasteiger partial charge is 0.375 e. The quantitative estimate of drug-likeness (QED) is 0.145. The zero-order valence-corrected chi connectivity index (χ0v) is 33.4. The number of imide groups is 3. The lowest BCUT2D eigenvalue weighted by Gasteiger charge is -2.34. The summed E-state index contributed by atoms with van der Waals surface area (Å²) in [7, 11) is 0.